The van der Waals surface area contributed by atoms with Crippen LogP contribution >= 0.6 is 0 Å². The first kappa shape index (κ1) is 24.4. The molecule has 0 aliphatic heterocycles. The number of aliphatic carboxylic acids is 1. The number of aliphatic hydroxyl groups is 2. The number of carbonyl (C=O) groups is 1. The van der Waals surface area contributed by atoms with Gasteiger partial charge in [-0.3, -0.25) is 4.79 Å². The second-order valence-electron chi connectivity index (χ2n) is 8.75. The summed E-state index contributed by atoms with van der Waals surface area (Å²) in [6.07, 6.45) is 8.11. The maximum Gasteiger partial charge on any atom is 0.303 e. The van der Waals surface area contributed by atoms with Crippen molar-refractivity contribution in [1.82, 2.24) is 0 Å². The van der Waals surface area contributed by atoms with Gasteiger partial charge in [0.1, 0.15) is 0 Å². The predicted octanol–water partition coefficient (Wildman–Crippen LogP) is 5.33. The van der Waals surface area contributed by atoms with Crippen LogP contribution in [0.5, 0.6) is 0 Å². The Morgan fingerprint density at radius 1 is 1.13 bits per heavy atom. The minimum absolute atomic E-state index is 0.0556. The Hall–Kier alpha value is -1.90. The SMILES string of the molecule is CCCCCC(O)c1ccc(C2C(CCCCCCC(=O)O)[C@H](C#N)C[C@H]2O)cc1. The molecule has 1 aromatic rings. The van der Waals surface area contributed by atoms with E-state index < -0.39 is 18.2 Å². The van der Waals surface area contributed by atoms with Crippen molar-refractivity contribution >= 4 is 5.97 Å². The molecule has 0 amide bonds. The molecule has 5 heteroatoms. The van der Waals surface area contributed by atoms with Gasteiger partial charge in [0.05, 0.1) is 24.2 Å². The maximum atomic E-state index is 10.7. The zero-order chi connectivity index (χ0) is 21.9. The van der Waals surface area contributed by atoms with Gasteiger partial charge in [-0.05, 0) is 42.7 Å². The summed E-state index contributed by atoms with van der Waals surface area (Å²) in [6.45, 7) is 2.15. The number of nitriles is 1. The fourth-order valence-electron chi connectivity index (χ4n) is 4.82. The Balaban J connectivity index is 1.96. The summed E-state index contributed by atoms with van der Waals surface area (Å²) >= 11 is 0. The summed E-state index contributed by atoms with van der Waals surface area (Å²) in [5.74, 6) is -0.842. The molecule has 1 fully saturated rings. The van der Waals surface area contributed by atoms with E-state index in [2.05, 4.69) is 13.0 Å². The Morgan fingerprint density at radius 2 is 1.83 bits per heavy atom. The van der Waals surface area contributed by atoms with E-state index in [-0.39, 0.29) is 24.2 Å². The van der Waals surface area contributed by atoms with Crippen LogP contribution in [0.4, 0.5) is 0 Å². The highest BCUT2D eigenvalue weighted by atomic mass is 16.4. The first-order valence-corrected chi connectivity index (χ1v) is 11.5. The molecule has 0 heterocycles. The summed E-state index contributed by atoms with van der Waals surface area (Å²) in [5, 5.41) is 39.4. The number of nitrogens with zero attached hydrogens (tertiary/aromatic N) is 1. The first-order valence-electron chi connectivity index (χ1n) is 11.5. The molecular formula is C25H37NO4. The van der Waals surface area contributed by atoms with Crippen LogP contribution in [0, 0.1) is 23.2 Å². The van der Waals surface area contributed by atoms with Gasteiger partial charge >= 0.3 is 5.97 Å². The van der Waals surface area contributed by atoms with Crippen LogP contribution in [0.1, 0.15) is 101 Å². The van der Waals surface area contributed by atoms with E-state index in [1.54, 1.807) is 0 Å². The second-order valence-corrected chi connectivity index (χ2v) is 8.75. The van der Waals surface area contributed by atoms with Gasteiger partial charge in [-0.1, -0.05) is 69.7 Å². The Labute approximate surface area is 180 Å². The lowest BCUT2D eigenvalue weighted by molar-refractivity contribution is -0.137. The lowest BCUT2D eigenvalue weighted by atomic mass is 9.81. The van der Waals surface area contributed by atoms with Crippen LogP contribution < -0.4 is 0 Å². The molecule has 5 atom stereocenters. The molecule has 0 radical (unpaired) electrons. The van der Waals surface area contributed by atoms with Crippen LogP contribution in [0.3, 0.4) is 0 Å². The van der Waals surface area contributed by atoms with Crippen molar-refractivity contribution in [2.45, 2.75) is 95.7 Å². The highest BCUT2D eigenvalue weighted by Gasteiger charge is 2.42. The first-order chi connectivity index (χ1) is 14.5. The lowest BCUT2D eigenvalue weighted by Gasteiger charge is -2.24. The predicted molar refractivity (Wildman–Crippen MR) is 117 cm³/mol. The lowest BCUT2D eigenvalue weighted by Crippen LogP contribution is -2.18. The molecule has 0 aromatic heterocycles. The smallest absolute Gasteiger partial charge is 0.303 e. The monoisotopic (exact) mass is 415 g/mol. The van der Waals surface area contributed by atoms with Crippen LogP contribution in [-0.2, 0) is 4.79 Å². The summed E-state index contributed by atoms with van der Waals surface area (Å²) in [7, 11) is 0. The molecule has 5 nitrogen and oxygen atoms in total. The third kappa shape index (κ3) is 7.11. The number of unbranched alkanes of at least 4 members (excludes halogenated alkanes) is 5. The van der Waals surface area contributed by atoms with Crippen LogP contribution in [0.25, 0.3) is 0 Å². The van der Waals surface area contributed by atoms with Crippen molar-refractivity contribution in [1.29, 1.82) is 5.26 Å². The third-order valence-corrected chi connectivity index (χ3v) is 6.52. The molecule has 2 rings (SSSR count). The number of benzene rings is 1. The fraction of sp³-hybridized carbons (Fsp3) is 0.680. The largest absolute Gasteiger partial charge is 0.481 e. The second kappa shape index (κ2) is 12.7. The molecule has 0 bridgehead atoms. The van der Waals surface area contributed by atoms with Gasteiger partial charge in [0.15, 0.2) is 0 Å². The summed E-state index contributed by atoms with van der Waals surface area (Å²) in [6, 6.07) is 10.3. The van der Waals surface area contributed by atoms with E-state index in [1.165, 1.54) is 0 Å². The molecule has 1 saturated carbocycles. The fourth-order valence-corrected chi connectivity index (χ4v) is 4.82. The number of carboxylic acid groups (broad SMARTS) is 1. The molecule has 3 N–H and O–H groups in total. The molecule has 30 heavy (non-hydrogen) atoms. The van der Waals surface area contributed by atoms with Gasteiger partial charge in [0, 0.05) is 12.3 Å². The molecule has 166 valence electrons. The summed E-state index contributed by atoms with van der Waals surface area (Å²) < 4.78 is 0. The van der Waals surface area contributed by atoms with Crippen LogP contribution in [-0.4, -0.2) is 27.4 Å². The van der Waals surface area contributed by atoms with Crippen molar-refractivity contribution in [2.75, 3.05) is 0 Å². The molecule has 0 saturated heterocycles. The summed E-state index contributed by atoms with van der Waals surface area (Å²) in [4.78, 5) is 10.6. The molecule has 1 aromatic carbocycles. The number of hydrogen-bond donors (Lipinski definition) is 3. The number of rotatable bonds is 13. The van der Waals surface area contributed by atoms with Gasteiger partial charge in [-0.2, -0.15) is 5.26 Å². The van der Waals surface area contributed by atoms with E-state index in [0.29, 0.717) is 12.8 Å². The highest BCUT2D eigenvalue weighted by Crippen LogP contribution is 2.46. The molecule has 1 aliphatic carbocycles. The van der Waals surface area contributed by atoms with E-state index in [4.69, 9.17) is 5.11 Å². The zero-order valence-electron chi connectivity index (χ0n) is 18.2. The minimum Gasteiger partial charge on any atom is -0.481 e. The quantitative estimate of drug-likeness (QED) is 0.378. The van der Waals surface area contributed by atoms with Gasteiger partial charge in [-0.15, -0.1) is 0 Å². The maximum absolute atomic E-state index is 10.7. The molecule has 1 aliphatic rings. The molecule has 3 unspecified atom stereocenters. The van der Waals surface area contributed by atoms with Gasteiger partial charge < -0.3 is 15.3 Å². The standard InChI is InChI=1S/C25H37NO4/c1-2-3-6-10-22(27)18-12-14-19(15-13-18)25-21(20(17-26)16-23(25)28)9-7-4-5-8-11-24(29)30/h12-15,20-23,25,27-28H,2-11,16H2,1H3,(H,29,30)/t20-,21?,22?,23+,25?/m0/s1. The van der Waals surface area contributed by atoms with Gasteiger partial charge in [0.25, 0.3) is 0 Å². The van der Waals surface area contributed by atoms with Crippen molar-refractivity contribution in [3.8, 4) is 6.07 Å². The minimum atomic E-state index is -0.752. The summed E-state index contributed by atoms with van der Waals surface area (Å²) in [5.41, 5.74) is 1.95. The zero-order valence-corrected chi connectivity index (χ0v) is 18.2. The van der Waals surface area contributed by atoms with Crippen molar-refractivity contribution in [2.24, 2.45) is 11.8 Å². The van der Waals surface area contributed by atoms with Crippen molar-refractivity contribution in [3.05, 3.63) is 35.4 Å². The van der Waals surface area contributed by atoms with Crippen molar-refractivity contribution < 1.29 is 20.1 Å². The van der Waals surface area contributed by atoms with E-state index >= 15 is 0 Å². The van der Waals surface area contributed by atoms with Gasteiger partial charge in [0.2, 0.25) is 0 Å². The van der Waals surface area contributed by atoms with E-state index in [9.17, 15) is 20.3 Å². The van der Waals surface area contributed by atoms with Crippen LogP contribution in [0.15, 0.2) is 24.3 Å². The number of carboxylic acids is 1. The average Bonchev–Trinajstić information content (AvgIpc) is 3.05. The Kier molecular flexibility index (Phi) is 10.3. The number of aliphatic hydroxyl groups excluding tert-OH is 2. The third-order valence-electron chi connectivity index (χ3n) is 6.52. The van der Waals surface area contributed by atoms with E-state index in [0.717, 1.165) is 62.5 Å². The molecule has 0 spiro atoms. The topological polar surface area (TPSA) is 102 Å². The van der Waals surface area contributed by atoms with Crippen LogP contribution in [0.2, 0.25) is 0 Å². The molecular weight excluding hydrogens is 378 g/mol. The van der Waals surface area contributed by atoms with Gasteiger partial charge in [-0.25, -0.2) is 0 Å². The Bertz CT molecular complexity index is 681. The number of hydrogen-bond acceptors (Lipinski definition) is 4. The Morgan fingerprint density at radius 3 is 2.47 bits per heavy atom. The highest BCUT2D eigenvalue weighted by molar-refractivity contribution is 5.66. The average molecular weight is 416 g/mol. The normalized spacial score (nSPS) is 24.5. The van der Waals surface area contributed by atoms with E-state index in [1.807, 2.05) is 24.3 Å². The van der Waals surface area contributed by atoms with Crippen molar-refractivity contribution in [3.63, 3.8) is 0 Å².